The molecule has 0 amide bonds. The molecule has 2 aliphatic heterocycles. The largest absolute Gasteiger partial charge is 0.377 e. The molecule has 2 fully saturated rings. The molecule has 4 atom stereocenters. The van der Waals surface area contributed by atoms with Crippen LogP contribution in [0.3, 0.4) is 0 Å². The van der Waals surface area contributed by atoms with Crippen molar-refractivity contribution in [1.82, 2.24) is 0 Å². The maximum absolute atomic E-state index is 9.65. The summed E-state index contributed by atoms with van der Waals surface area (Å²) in [4.78, 5) is -1.33. The molecule has 1 aliphatic carbocycles. The first kappa shape index (κ1) is 5.94. The van der Waals surface area contributed by atoms with Crippen LogP contribution in [-0.2, 0) is 0 Å². The van der Waals surface area contributed by atoms with Gasteiger partial charge < -0.3 is 10.2 Å². The van der Waals surface area contributed by atoms with Gasteiger partial charge in [-0.1, -0.05) is 6.08 Å². The van der Waals surface area contributed by atoms with Gasteiger partial charge in [0.25, 0.3) is 0 Å². The van der Waals surface area contributed by atoms with E-state index in [0.29, 0.717) is 0 Å². The Morgan fingerprint density at radius 1 is 1.30 bits per heavy atom. The van der Waals surface area contributed by atoms with E-state index < -0.39 is 9.87 Å². The van der Waals surface area contributed by atoms with Crippen molar-refractivity contribution in [2.75, 3.05) is 0 Å². The van der Waals surface area contributed by atoms with Crippen molar-refractivity contribution in [3.8, 4) is 0 Å². The van der Waals surface area contributed by atoms with Crippen molar-refractivity contribution in [3.05, 3.63) is 12.2 Å². The Kier molecular flexibility index (Phi) is 0.777. The number of aliphatic hydroxyl groups is 2. The van der Waals surface area contributed by atoms with Crippen LogP contribution in [-0.4, -0.2) is 30.6 Å². The van der Waals surface area contributed by atoms with Crippen LogP contribution in [0.1, 0.15) is 0 Å². The lowest BCUT2D eigenvalue weighted by Gasteiger charge is -2.10. The Balaban J connectivity index is 2.07. The van der Waals surface area contributed by atoms with Crippen LogP contribution in [0.25, 0.3) is 0 Å². The molecule has 4 heteroatoms. The molecule has 2 N–H and O–H groups in total. The molecule has 0 bridgehead atoms. The quantitative estimate of drug-likeness (QED) is 0.405. The normalized spacial score (nSPS) is 68.6. The zero-order valence-electron chi connectivity index (χ0n) is 5.02. The molecule has 3 aliphatic rings. The van der Waals surface area contributed by atoms with Crippen LogP contribution in [0, 0.1) is 0 Å². The molecule has 0 aromatic heterocycles. The SMILES string of the molecule is OC12C=CC3SC3(O)C1S2. The zero-order valence-corrected chi connectivity index (χ0v) is 6.65. The van der Waals surface area contributed by atoms with Gasteiger partial charge in [-0.3, -0.25) is 0 Å². The summed E-state index contributed by atoms with van der Waals surface area (Å²) in [5, 5.41) is 19.5. The van der Waals surface area contributed by atoms with Crippen LogP contribution >= 0.6 is 23.5 Å². The molecule has 2 heterocycles. The maximum Gasteiger partial charge on any atom is 0.145 e. The lowest BCUT2D eigenvalue weighted by atomic mass is 10.0. The second-order valence-corrected chi connectivity index (χ2v) is 5.66. The van der Waals surface area contributed by atoms with Gasteiger partial charge in [0.15, 0.2) is 0 Å². The predicted molar refractivity (Wildman–Crippen MR) is 41.8 cm³/mol. The van der Waals surface area contributed by atoms with Gasteiger partial charge in [-0.15, -0.1) is 23.5 Å². The third-order valence-electron chi connectivity index (χ3n) is 2.18. The van der Waals surface area contributed by atoms with E-state index in [4.69, 9.17) is 0 Å². The molecule has 0 radical (unpaired) electrons. The minimum Gasteiger partial charge on any atom is -0.377 e. The van der Waals surface area contributed by atoms with Crippen LogP contribution in [0.4, 0.5) is 0 Å². The van der Waals surface area contributed by atoms with E-state index in [1.165, 1.54) is 23.5 Å². The number of fused-ring (bicyclic) bond motifs is 3. The molecular weight excluding hydrogens is 168 g/mol. The fraction of sp³-hybridized carbons (Fsp3) is 0.667. The number of rotatable bonds is 0. The molecule has 10 heavy (non-hydrogen) atoms. The summed E-state index contributed by atoms with van der Waals surface area (Å²) in [6, 6.07) is 0. The number of hydrogen-bond acceptors (Lipinski definition) is 4. The standard InChI is InChI=1S/C6H6O2S2/c7-5-2-1-3-6(8,9-3)4(5)10-5/h1-4,7-8H. The highest BCUT2D eigenvalue weighted by molar-refractivity contribution is 8.14. The monoisotopic (exact) mass is 174 g/mol. The molecule has 0 aromatic rings. The third kappa shape index (κ3) is 0.491. The van der Waals surface area contributed by atoms with Crippen molar-refractivity contribution >= 4 is 23.5 Å². The van der Waals surface area contributed by atoms with Gasteiger partial charge in [0.05, 0.1) is 10.5 Å². The predicted octanol–water partition coefficient (Wildman–Crippen LogP) is 0.164. The van der Waals surface area contributed by atoms with Crippen LogP contribution < -0.4 is 0 Å². The van der Waals surface area contributed by atoms with E-state index in [1.807, 2.05) is 12.2 Å². The molecule has 54 valence electrons. The zero-order chi connectivity index (χ0) is 6.98. The highest BCUT2D eigenvalue weighted by Crippen LogP contribution is 2.73. The Hall–Kier alpha value is 0.360. The first-order valence-corrected chi connectivity index (χ1v) is 4.91. The van der Waals surface area contributed by atoms with Gasteiger partial charge in [-0.2, -0.15) is 0 Å². The minimum atomic E-state index is -0.714. The van der Waals surface area contributed by atoms with Crippen LogP contribution in [0.5, 0.6) is 0 Å². The topological polar surface area (TPSA) is 40.5 Å². The van der Waals surface area contributed by atoms with Crippen molar-refractivity contribution < 1.29 is 10.2 Å². The van der Waals surface area contributed by atoms with E-state index >= 15 is 0 Å². The maximum atomic E-state index is 9.65. The van der Waals surface area contributed by atoms with Gasteiger partial charge in [-0.05, 0) is 6.08 Å². The van der Waals surface area contributed by atoms with E-state index in [-0.39, 0.29) is 10.5 Å². The van der Waals surface area contributed by atoms with Crippen LogP contribution in [0.2, 0.25) is 0 Å². The van der Waals surface area contributed by atoms with Gasteiger partial charge >= 0.3 is 0 Å². The number of hydrogen-bond donors (Lipinski definition) is 2. The molecule has 0 saturated carbocycles. The Morgan fingerprint density at radius 2 is 2.10 bits per heavy atom. The van der Waals surface area contributed by atoms with E-state index in [0.717, 1.165) is 0 Å². The molecule has 0 aromatic carbocycles. The Bertz CT molecular complexity index is 242. The van der Waals surface area contributed by atoms with E-state index in [9.17, 15) is 10.2 Å². The lowest BCUT2D eigenvalue weighted by molar-refractivity contribution is 0.119. The summed E-state index contributed by atoms with van der Waals surface area (Å²) in [5.74, 6) is 0. The molecule has 0 spiro atoms. The first-order valence-electron chi connectivity index (χ1n) is 3.15. The summed E-state index contributed by atoms with van der Waals surface area (Å²) >= 11 is 2.99. The molecule has 2 saturated heterocycles. The second-order valence-electron chi connectivity index (χ2n) is 2.90. The first-order chi connectivity index (χ1) is 4.65. The summed E-state index contributed by atoms with van der Waals surface area (Å²) in [7, 11) is 0. The van der Waals surface area contributed by atoms with Crippen molar-refractivity contribution in [2.24, 2.45) is 0 Å². The molecule has 3 rings (SSSR count). The van der Waals surface area contributed by atoms with Gasteiger partial charge in [-0.25, -0.2) is 0 Å². The Labute approximate surface area is 66.7 Å². The van der Waals surface area contributed by atoms with Gasteiger partial charge in [0.2, 0.25) is 0 Å². The fourth-order valence-electron chi connectivity index (χ4n) is 1.44. The van der Waals surface area contributed by atoms with E-state index in [2.05, 4.69) is 0 Å². The van der Waals surface area contributed by atoms with Gasteiger partial charge in [0.1, 0.15) is 9.87 Å². The average Bonchev–Trinajstić information content (AvgIpc) is 2.65. The summed E-state index contributed by atoms with van der Waals surface area (Å²) in [5.41, 5.74) is 0. The Morgan fingerprint density at radius 3 is 2.80 bits per heavy atom. The number of thioether (sulfide) groups is 2. The molecule has 2 nitrogen and oxygen atoms in total. The summed E-state index contributed by atoms with van der Waals surface area (Å²) in [6.45, 7) is 0. The molecule has 4 unspecified atom stereocenters. The van der Waals surface area contributed by atoms with Crippen molar-refractivity contribution in [1.29, 1.82) is 0 Å². The highest BCUT2D eigenvalue weighted by Gasteiger charge is 2.75. The third-order valence-corrected chi connectivity index (χ3v) is 5.16. The highest BCUT2D eigenvalue weighted by atomic mass is 32.2. The summed E-state index contributed by atoms with van der Waals surface area (Å²) < 4.78 is 0. The smallest absolute Gasteiger partial charge is 0.145 e. The van der Waals surface area contributed by atoms with Gasteiger partial charge in [0, 0.05) is 0 Å². The lowest BCUT2D eigenvalue weighted by Crippen LogP contribution is -2.30. The van der Waals surface area contributed by atoms with Crippen LogP contribution in [0.15, 0.2) is 12.2 Å². The van der Waals surface area contributed by atoms with E-state index in [1.54, 1.807) is 0 Å². The van der Waals surface area contributed by atoms with Crippen molar-refractivity contribution in [3.63, 3.8) is 0 Å². The fourth-order valence-corrected chi connectivity index (χ4v) is 3.97. The second kappa shape index (κ2) is 1.31. The van der Waals surface area contributed by atoms with Crippen molar-refractivity contribution in [2.45, 2.75) is 20.4 Å². The molecular formula is C6H6O2S2. The summed E-state index contributed by atoms with van der Waals surface area (Å²) in [6.07, 6.45) is 3.71. The minimum absolute atomic E-state index is 0.0417. The average molecular weight is 174 g/mol.